The summed E-state index contributed by atoms with van der Waals surface area (Å²) >= 11 is 0. The fourth-order valence-electron chi connectivity index (χ4n) is 4.94. The quantitative estimate of drug-likeness (QED) is 0.155. The van der Waals surface area contributed by atoms with Crippen molar-refractivity contribution < 1.29 is 37.4 Å². The summed E-state index contributed by atoms with van der Waals surface area (Å²) in [5.41, 5.74) is 1.88. The van der Waals surface area contributed by atoms with E-state index in [2.05, 4.69) is 0 Å². The van der Waals surface area contributed by atoms with Gasteiger partial charge in [0, 0.05) is 56.4 Å². The van der Waals surface area contributed by atoms with Crippen molar-refractivity contribution in [3.8, 4) is 5.75 Å². The second-order valence-electron chi connectivity index (χ2n) is 10.8. The van der Waals surface area contributed by atoms with E-state index in [1.54, 1.807) is 25.6 Å². The van der Waals surface area contributed by atoms with Crippen LogP contribution in [-0.2, 0) is 39.1 Å². The molecular formula is C31H43N4O8P. The van der Waals surface area contributed by atoms with Crippen LogP contribution in [0.3, 0.4) is 0 Å². The van der Waals surface area contributed by atoms with E-state index in [0.717, 1.165) is 24.0 Å². The number of ether oxygens (including phenoxy) is 3. The molecule has 0 fully saturated rings. The molecule has 240 valence electrons. The first-order chi connectivity index (χ1) is 21.2. The molecule has 0 N–H and O–H groups in total. The molecule has 4 rings (SSSR count). The highest BCUT2D eigenvalue weighted by Crippen LogP contribution is 2.52. The van der Waals surface area contributed by atoms with Crippen LogP contribution >= 0.6 is 7.75 Å². The Balaban J connectivity index is 1.57. The number of carbonyl (C=O) groups excluding carboxylic acids is 2. The number of hydrogen-bond acceptors (Lipinski definition) is 11. The number of benzene rings is 1. The van der Waals surface area contributed by atoms with Gasteiger partial charge in [0.05, 0.1) is 24.1 Å². The van der Waals surface area contributed by atoms with Crippen molar-refractivity contribution in [2.45, 2.75) is 33.1 Å². The molecular weight excluding hydrogens is 587 g/mol. The fourth-order valence-corrected chi connectivity index (χ4v) is 6.35. The van der Waals surface area contributed by atoms with Crippen molar-refractivity contribution in [2.24, 2.45) is 5.92 Å². The lowest BCUT2D eigenvalue weighted by atomic mass is 10.0. The van der Waals surface area contributed by atoms with Gasteiger partial charge in [-0.1, -0.05) is 12.2 Å². The monoisotopic (exact) mass is 630 g/mol. The predicted molar refractivity (Wildman–Crippen MR) is 167 cm³/mol. The molecule has 0 radical (unpaired) electrons. The normalized spacial score (nSPS) is 18.0. The topological polar surface area (TPSA) is 112 Å². The van der Waals surface area contributed by atoms with Crippen LogP contribution in [0.2, 0.25) is 0 Å². The lowest BCUT2D eigenvalue weighted by Gasteiger charge is -2.27. The number of allylic oxidation sites excluding steroid dienone is 2. The highest BCUT2D eigenvalue weighted by molar-refractivity contribution is 7.52. The number of methoxy groups -OCH3 is 1. The van der Waals surface area contributed by atoms with Crippen LogP contribution in [-0.4, -0.2) is 91.9 Å². The predicted octanol–water partition coefficient (Wildman–Crippen LogP) is 4.72. The van der Waals surface area contributed by atoms with Gasteiger partial charge in [0.2, 0.25) is 13.6 Å². The van der Waals surface area contributed by atoms with Gasteiger partial charge in [0.25, 0.3) is 0 Å². The van der Waals surface area contributed by atoms with Crippen LogP contribution in [0.4, 0.5) is 0 Å². The fraction of sp³-hybridized carbons (Fsp3) is 0.484. The van der Waals surface area contributed by atoms with Crippen LogP contribution in [0.5, 0.6) is 5.75 Å². The highest BCUT2D eigenvalue weighted by Gasteiger charge is 2.33. The van der Waals surface area contributed by atoms with Gasteiger partial charge in [-0.05, 0) is 70.9 Å². The summed E-state index contributed by atoms with van der Waals surface area (Å²) in [4.78, 5) is 31.6. The van der Waals surface area contributed by atoms with E-state index in [9.17, 15) is 14.2 Å². The Morgan fingerprint density at radius 2 is 1.82 bits per heavy atom. The molecule has 0 amide bonds. The minimum atomic E-state index is -4.28. The zero-order valence-electron chi connectivity index (χ0n) is 26.1. The Bertz CT molecular complexity index is 1450. The lowest BCUT2D eigenvalue weighted by molar-refractivity contribution is -0.156. The SMILES string of the molecule is CCN1C=CCC(C(=O)OCOP(=O)(OCOC(=O)C2CC=CN(CC)C2)n2cc(CCN(C)C)c3ccc(OC)cc32)=C1. The van der Waals surface area contributed by atoms with E-state index in [1.165, 1.54) is 4.34 Å². The first-order valence-corrected chi connectivity index (χ1v) is 16.3. The molecule has 13 heteroatoms. The van der Waals surface area contributed by atoms with Gasteiger partial charge in [-0.15, -0.1) is 0 Å². The zero-order valence-corrected chi connectivity index (χ0v) is 27.0. The Morgan fingerprint density at radius 3 is 2.52 bits per heavy atom. The minimum absolute atomic E-state index is 0.375. The number of fused-ring (bicyclic) bond motifs is 1. The summed E-state index contributed by atoms with van der Waals surface area (Å²) in [5, 5.41) is 0.835. The maximum atomic E-state index is 14.5. The van der Waals surface area contributed by atoms with Gasteiger partial charge in [0.15, 0.2) is 0 Å². The van der Waals surface area contributed by atoms with Gasteiger partial charge in [0.1, 0.15) is 5.75 Å². The van der Waals surface area contributed by atoms with E-state index < -0.39 is 33.3 Å². The average molecular weight is 631 g/mol. The molecule has 1 aromatic heterocycles. The van der Waals surface area contributed by atoms with Gasteiger partial charge in [-0.3, -0.25) is 18.2 Å². The van der Waals surface area contributed by atoms with Crippen molar-refractivity contribution in [1.82, 2.24) is 19.0 Å². The molecule has 0 saturated heterocycles. The number of aromatic nitrogens is 1. The number of nitrogens with zero attached hydrogens (tertiary/aromatic N) is 4. The average Bonchev–Trinajstić information content (AvgIpc) is 3.42. The van der Waals surface area contributed by atoms with Gasteiger partial charge >= 0.3 is 19.7 Å². The Morgan fingerprint density at radius 1 is 1.05 bits per heavy atom. The molecule has 44 heavy (non-hydrogen) atoms. The molecule has 2 aliphatic heterocycles. The first-order valence-electron chi connectivity index (χ1n) is 14.8. The number of hydrogen-bond donors (Lipinski definition) is 0. The van der Waals surface area contributed by atoms with Crippen molar-refractivity contribution in [2.75, 3.05) is 61.0 Å². The summed E-state index contributed by atoms with van der Waals surface area (Å²) in [6.07, 6.45) is 12.7. The Labute approximate surface area is 259 Å². The van der Waals surface area contributed by atoms with E-state index in [1.807, 2.05) is 79.3 Å². The third kappa shape index (κ3) is 8.32. The van der Waals surface area contributed by atoms with Crippen LogP contribution in [0.25, 0.3) is 10.9 Å². The van der Waals surface area contributed by atoms with Gasteiger partial charge < -0.3 is 28.9 Å². The molecule has 3 heterocycles. The van der Waals surface area contributed by atoms with Gasteiger partial charge in [-0.2, -0.15) is 0 Å². The third-order valence-corrected chi connectivity index (χ3v) is 9.23. The summed E-state index contributed by atoms with van der Waals surface area (Å²) in [7, 11) is 1.21. The largest absolute Gasteiger partial charge is 0.497 e. The van der Waals surface area contributed by atoms with Crippen LogP contribution in [0.15, 0.2) is 60.7 Å². The van der Waals surface area contributed by atoms with E-state index in [4.69, 9.17) is 23.3 Å². The lowest BCUT2D eigenvalue weighted by Crippen LogP contribution is -2.33. The zero-order chi connectivity index (χ0) is 31.7. The number of rotatable bonds is 15. The molecule has 0 aliphatic carbocycles. The van der Waals surface area contributed by atoms with Crippen molar-refractivity contribution in [1.29, 1.82) is 0 Å². The summed E-state index contributed by atoms with van der Waals surface area (Å²) in [5.74, 6) is -0.889. The summed E-state index contributed by atoms with van der Waals surface area (Å²) in [6, 6.07) is 5.45. The minimum Gasteiger partial charge on any atom is -0.497 e. The second-order valence-corrected chi connectivity index (χ2v) is 12.7. The van der Waals surface area contributed by atoms with E-state index in [0.29, 0.717) is 49.2 Å². The molecule has 0 bridgehead atoms. The molecule has 2 aromatic rings. The summed E-state index contributed by atoms with van der Waals surface area (Å²) < 4.78 is 43.7. The highest BCUT2D eigenvalue weighted by atomic mass is 31.2. The molecule has 0 saturated carbocycles. The molecule has 2 unspecified atom stereocenters. The Hall–Kier alpha value is -3.57. The van der Waals surface area contributed by atoms with Crippen molar-refractivity contribution in [3.63, 3.8) is 0 Å². The molecule has 1 aromatic carbocycles. The molecule has 2 aliphatic rings. The van der Waals surface area contributed by atoms with Gasteiger partial charge in [-0.25, -0.2) is 9.36 Å². The number of esters is 2. The van der Waals surface area contributed by atoms with E-state index in [-0.39, 0.29) is 5.92 Å². The van der Waals surface area contributed by atoms with E-state index >= 15 is 0 Å². The smallest absolute Gasteiger partial charge is 0.445 e. The first kappa shape index (κ1) is 33.3. The summed E-state index contributed by atoms with van der Waals surface area (Å²) in [6.45, 7) is 5.44. The standard InChI is InChI=1S/C31H43N4O8P/c1-6-33-15-8-10-25(19-33)30(36)40-22-42-44(38,43-23-41-31(37)26-11-9-16-34(7-2)20-26)35-21-24(14-17-32(3)4)28-13-12-27(39-5)18-29(28)35/h8-9,12-13,15-16,18-19,21,26H,6-7,10-11,14,17,20,22-23H2,1-5H3. The van der Waals surface area contributed by atoms with Crippen LogP contribution in [0, 0.1) is 5.92 Å². The Kier molecular flexibility index (Phi) is 11.7. The third-order valence-electron chi connectivity index (χ3n) is 7.51. The second kappa shape index (κ2) is 15.4. The molecule has 12 nitrogen and oxygen atoms in total. The molecule has 0 spiro atoms. The maximum absolute atomic E-state index is 14.5. The number of carbonyl (C=O) groups is 2. The number of likely N-dealkylation sites (N-methyl/N-ethyl adjacent to an activating group) is 1. The molecule has 2 atom stereocenters. The maximum Gasteiger partial charge on any atom is 0.445 e. The van der Waals surface area contributed by atoms with Crippen molar-refractivity contribution in [3.05, 3.63) is 66.3 Å². The van der Waals surface area contributed by atoms with Crippen LogP contribution in [0.1, 0.15) is 32.3 Å². The van der Waals surface area contributed by atoms with Crippen molar-refractivity contribution >= 4 is 30.6 Å². The van der Waals surface area contributed by atoms with Crippen LogP contribution < -0.4 is 4.74 Å².